The summed E-state index contributed by atoms with van der Waals surface area (Å²) in [6.07, 6.45) is 0.842. The second-order valence-corrected chi connectivity index (χ2v) is 5.11. The quantitative estimate of drug-likeness (QED) is 0.454. The maximum absolute atomic E-state index is 12.1. The lowest BCUT2D eigenvalue weighted by Crippen LogP contribution is -2.30. The minimum Gasteiger partial charge on any atom is -0.355 e. The largest absolute Gasteiger partial charge is 0.355 e. The minimum absolute atomic E-state index is 0.0974. The zero-order valence-corrected chi connectivity index (χ0v) is 13.2. The summed E-state index contributed by atoms with van der Waals surface area (Å²) in [6.45, 7) is 7.62. The fourth-order valence-electron chi connectivity index (χ4n) is 2.33. The van der Waals surface area contributed by atoms with Gasteiger partial charge in [-0.1, -0.05) is 19.0 Å². The molecule has 8 heteroatoms. The fraction of sp³-hybridized carbons (Fsp3) is 0.467. The highest BCUT2D eigenvalue weighted by atomic mass is 16.6. The molecule has 2 rings (SSSR count). The molecule has 0 saturated heterocycles. The van der Waals surface area contributed by atoms with E-state index < -0.39 is 4.92 Å². The lowest BCUT2D eigenvalue weighted by Gasteiger charge is -2.17. The zero-order valence-electron chi connectivity index (χ0n) is 13.2. The Morgan fingerprint density at radius 2 is 2.13 bits per heavy atom. The van der Waals surface area contributed by atoms with Gasteiger partial charge in [-0.05, 0) is 32.1 Å². The van der Waals surface area contributed by atoms with Crippen molar-refractivity contribution < 1.29 is 14.2 Å². The number of rotatable bonds is 8. The molecule has 0 atom stereocenters. The van der Waals surface area contributed by atoms with Crippen molar-refractivity contribution in [3.63, 3.8) is 0 Å². The first-order valence-electron chi connectivity index (χ1n) is 7.61. The lowest BCUT2D eigenvalue weighted by molar-refractivity contribution is -0.384. The second-order valence-electron chi connectivity index (χ2n) is 5.11. The summed E-state index contributed by atoms with van der Waals surface area (Å²) in [5, 5.41) is 17.7. The van der Waals surface area contributed by atoms with Gasteiger partial charge in [-0.15, -0.1) is 0 Å². The lowest BCUT2D eigenvalue weighted by atomic mass is 10.2. The molecule has 0 saturated carbocycles. The first-order valence-corrected chi connectivity index (χ1v) is 7.61. The summed E-state index contributed by atoms with van der Waals surface area (Å²) in [5.74, 6) is -0.336. The minimum atomic E-state index is -0.519. The van der Waals surface area contributed by atoms with Crippen LogP contribution in [0.15, 0.2) is 22.7 Å². The highest BCUT2D eigenvalue weighted by Gasteiger charge is 2.18. The van der Waals surface area contributed by atoms with Crippen LogP contribution in [-0.4, -0.2) is 47.1 Å². The van der Waals surface area contributed by atoms with Crippen LogP contribution in [0.1, 0.15) is 30.8 Å². The van der Waals surface area contributed by atoms with Crippen LogP contribution in [0.4, 0.5) is 5.69 Å². The van der Waals surface area contributed by atoms with E-state index >= 15 is 0 Å². The van der Waals surface area contributed by atoms with Gasteiger partial charge in [0.15, 0.2) is 11.3 Å². The van der Waals surface area contributed by atoms with Crippen LogP contribution >= 0.6 is 0 Å². The third-order valence-electron chi connectivity index (χ3n) is 3.71. The third kappa shape index (κ3) is 4.04. The summed E-state index contributed by atoms with van der Waals surface area (Å²) in [4.78, 5) is 24.6. The number of carbonyl (C=O) groups is 1. The number of nitro groups is 1. The van der Waals surface area contributed by atoms with E-state index in [2.05, 4.69) is 29.2 Å². The van der Waals surface area contributed by atoms with E-state index in [9.17, 15) is 14.9 Å². The van der Waals surface area contributed by atoms with E-state index in [1.807, 2.05) is 0 Å². The van der Waals surface area contributed by atoms with Gasteiger partial charge in [-0.3, -0.25) is 14.9 Å². The van der Waals surface area contributed by atoms with Gasteiger partial charge in [0, 0.05) is 12.6 Å². The van der Waals surface area contributed by atoms with Crippen LogP contribution in [0.25, 0.3) is 11.0 Å². The first kappa shape index (κ1) is 16.9. The van der Waals surface area contributed by atoms with Crippen molar-refractivity contribution in [3.8, 4) is 0 Å². The van der Waals surface area contributed by atoms with Crippen LogP contribution in [-0.2, 0) is 0 Å². The summed E-state index contributed by atoms with van der Waals surface area (Å²) in [7, 11) is 0. The topological polar surface area (TPSA) is 102 Å². The zero-order chi connectivity index (χ0) is 16.8. The number of non-ortho nitro benzene ring substituents is 1. The van der Waals surface area contributed by atoms with Crippen LogP contribution in [0, 0.1) is 10.1 Å². The molecule has 1 N–H and O–H groups in total. The van der Waals surface area contributed by atoms with Crippen molar-refractivity contribution in [2.45, 2.75) is 20.3 Å². The van der Waals surface area contributed by atoms with E-state index in [0.717, 1.165) is 26.1 Å². The Kier molecular flexibility index (Phi) is 5.64. The average Bonchev–Trinajstić information content (AvgIpc) is 2.98. The molecule has 0 unspecified atom stereocenters. The van der Waals surface area contributed by atoms with E-state index in [1.165, 1.54) is 18.2 Å². The Bertz CT molecular complexity index is 694. The Morgan fingerprint density at radius 3 is 2.78 bits per heavy atom. The number of nitro benzene ring substituents is 1. The Balaban J connectivity index is 1.97. The van der Waals surface area contributed by atoms with Gasteiger partial charge in [-0.2, -0.15) is 0 Å². The first-order chi connectivity index (χ1) is 11.1. The number of amides is 1. The number of benzene rings is 1. The standard InChI is InChI=1S/C15H20N4O4/c1-3-18(4-2)9-5-8-16-15(20)14-12-7-6-11(19(21)22)10-13(12)23-17-14/h6-7,10H,3-5,8-9H2,1-2H3,(H,16,20). The normalized spacial score (nSPS) is 11.1. The molecule has 0 radical (unpaired) electrons. The third-order valence-corrected chi connectivity index (χ3v) is 3.71. The molecule has 0 aliphatic carbocycles. The smallest absolute Gasteiger partial charge is 0.274 e. The van der Waals surface area contributed by atoms with Crippen molar-refractivity contribution >= 4 is 22.6 Å². The SMILES string of the molecule is CCN(CC)CCCNC(=O)c1noc2cc([N+](=O)[O-])ccc12. The highest BCUT2D eigenvalue weighted by Crippen LogP contribution is 2.23. The molecule has 8 nitrogen and oxygen atoms in total. The number of carbonyl (C=O) groups excluding carboxylic acids is 1. The number of fused-ring (bicyclic) bond motifs is 1. The number of nitrogens with one attached hydrogen (secondary N) is 1. The van der Waals surface area contributed by atoms with Crippen molar-refractivity contribution in [1.29, 1.82) is 0 Å². The van der Waals surface area contributed by atoms with E-state index in [1.54, 1.807) is 0 Å². The van der Waals surface area contributed by atoms with Crippen molar-refractivity contribution in [2.24, 2.45) is 0 Å². The number of nitrogens with zero attached hydrogens (tertiary/aromatic N) is 3. The van der Waals surface area contributed by atoms with E-state index in [0.29, 0.717) is 11.9 Å². The molecule has 1 aromatic carbocycles. The Morgan fingerprint density at radius 1 is 1.39 bits per heavy atom. The highest BCUT2D eigenvalue weighted by molar-refractivity contribution is 6.04. The molecular formula is C15H20N4O4. The molecule has 2 aromatic rings. The Labute approximate surface area is 133 Å². The summed E-state index contributed by atoms with van der Waals surface area (Å²) >= 11 is 0. The molecule has 0 spiro atoms. The van der Waals surface area contributed by atoms with Gasteiger partial charge >= 0.3 is 0 Å². The van der Waals surface area contributed by atoms with Crippen LogP contribution in [0.3, 0.4) is 0 Å². The molecule has 0 fully saturated rings. The molecule has 23 heavy (non-hydrogen) atoms. The maximum Gasteiger partial charge on any atom is 0.274 e. The summed E-state index contributed by atoms with van der Waals surface area (Å²) in [5.41, 5.74) is 0.282. The van der Waals surface area contributed by atoms with Gasteiger partial charge < -0.3 is 14.7 Å². The summed E-state index contributed by atoms with van der Waals surface area (Å²) < 4.78 is 5.02. The number of aromatic nitrogens is 1. The van der Waals surface area contributed by atoms with Gasteiger partial charge in [0.2, 0.25) is 0 Å². The van der Waals surface area contributed by atoms with Crippen molar-refractivity contribution in [3.05, 3.63) is 34.0 Å². The fourth-order valence-corrected chi connectivity index (χ4v) is 2.33. The molecule has 0 bridgehead atoms. The molecule has 1 aromatic heterocycles. The van der Waals surface area contributed by atoms with Crippen molar-refractivity contribution in [1.82, 2.24) is 15.4 Å². The molecule has 1 heterocycles. The second kappa shape index (κ2) is 7.68. The van der Waals surface area contributed by atoms with Gasteiger partial charge in [0.25, 0.3) is 11.6 Å². The predicted octanol–water partition coefficient (Wildman–Crippen LogP) is 2.20. The van der Waals surface area contributed by atoms with Gasteiger partial charge in [-0.25, -0.2) is 0 Å². The number of hydrogen-bond acceptors (Lipinski definition) is 6. The molecule has 0 aliphatic rings. The number of hydrogen-bond donors (Lipinski definition) is 1. The molecule has 0 aliphatic heterocycles. The van der Waals surface area contributed by atoms with Crippen LogP contribution in [0.2, 0.25) is 0 Å². The van der Waals surface area contributed by atoms with Crippen LogP contribution < -0.4 is 5.32 Å². The van der Waals surface area contributed by atoms with E-state index in [4.69, 9.17) is 4.52 Å². The van der Waals surface area contributed by atoms with Crippen molar-refractivity contribution in [2.75, 3.05) is 26.2 Å². The maximum atomic E-state index is 12.1. The van der Waals surface area contributed by atoms with Gasteiger partial charge in [0.1, 0.15) is 0 Å². The molecule has 1 amide bonds. The van der Waals surface area contributed by atoms with Crippen LogP contribution in [0.5, 0.6) is 0 Å². The molecular weight excluding hydrogens is 300 g/mol. The summed E-state index contributed by atoms with van der Waals surface area (Å²) in [6, 6.07) is 4.07. The predicted molar refractivity (Wildman–Crippen MR) is 85.4 cm³/mol. The van der Waals surface area contributed by atoms with E-state index in [-0.39, 0.29) is 22.9 Å². The average molecular weight is 320 g/mol. The molecule has 124 valence electrons. The monoisotopic (exact) mass is 320 g/mol. The Hall–Kier alpha value is -2.48. The van der Waals surface area contributed by atoms with Gasteiger partial charge in [0.05, 0.1) is 16.4 Å².